The normalized spacial score (nSPS) is 18.2. The van der Waals surface area contributed by atoms with Gasteiger partial charge in [0.2, 0.25) is 0 Å². The van der Waals surface area contributed by atoms with Crippen LogP contribution in [-0.2, 0) is 6.54 Å². The van der Waals surface area contributed by atoms with Crippen LogP contribution in [0.15, 0.2) is 47.6 Å². The Bertz CT molecular complexity index is 600. The molecule has 0 bridgehead atoms. The molecule has 2 N–H and O–H groups in total. The zero-order chi connectivity index (χ0) is 14.7. The molecule has 110 valence electrons. The molecule has 2 aromatic rings. The Hall–Kier alpha value is -1.52. The number of pyridine rings is 1. The summed E-state index contributed by atoms with van der Waals surface area (Å²) in [4.78, 5) is 8.06. The fourth-order valence-corrected chi connectivity index (χ4v) is 3.84. The average molecular weight is 299 g/mol. The number of anilines is 1. The zero-order valence-electron chi connectivity index (χ0n) is 12.3. The molecule has 1 aromatic carbocycles. The van der Waals surface area contributed by atoms with Crippen molar-refractivity contribution in [2.45, 2.75) is 30.3 Å². The van der Waals surface area contributed by atoms with Crippen molar-refractivity contribution in [1.82, 2.24) is 4.98 Å². The van der Waals surface area contributed by atoms with Crippen LogP contribution in [0, 0.1) is 0 Å². The van der Waals surface area contributed by atoms with Gasteiger partial charge in [-0.25, -0.2) is 0 Å². The van der Waals surface area contributed by atoms with Crippen LogP contribution >= 0.6 is 11.8 Å². The molecule has 1 saturated heterocycles. The number of nitrogens with zero attached hydrogens (tertiary/aromatic N) is 2. The minimum atomic E-state index is 0.418. The van der Waals surface area contributed by atoms with Gasteiger partial charge in [-0.3, -0.25) is 4.98 Å². The molecule has 0 saturated carbocycles. The van der Waals surface area contributed by atoms with Gasteiger partial charge in [0, 0.05) is 41.6 Å². The lowest BCUT2D eigenvalue weighted by molar-refractivity contribution is 0.711. The SMILES string of the molecule is CSc1cccc(N2CCCC2c2cccnc2)c1CN. The van der Waals surface area contributed by atoms with E-state index in [0.717, 1.165) is 6.54 Å². The third kappa shape index (κ3) is 2.78. The highest BCUT2D eigenvalue weighted by Gasteiger charge is 2.28. The summed E-state index contributed by atoms with van der Waals surface area (Å²) in [5.74, 6) is 0. The zero-order valence-corrected chi connectivity index (χ0v) is 13.1. The largest absolute Gasteiger partial charge is 0.364 e. The minimum Gasteiger partial charge on any atom is -0.364 e. The van der Waals surface area contributed by atoms with E-state index in [0.29, 0.717) is 12.6 Å². The first-order valence-electron chi connectivity index (χ1n) is 7.37. The lowest BCUT2D eigenvalue weighted by Crippen LogP contribution is -2.24. The van der Waals surface area contributed by atoms with Gasteiger partial charge >= 0.3 is 0 Å². The summed E-state index contributed by atoms with van der Waals surface area (Å²) in [5, 5.41) is 0. The molecule has 1 aliphatic heterocycles. The quantitative estimate of drug-likeness (QED) is 0.876. The number of benzene rings is 1. The molecule has 0 amide bonds. The van der Waals surface area contributed by atoms with Gasteiger partial charge in [-0.15, -0.1) is 11.8 Å². The molecular formula is C17H21N3S. The van der Waals surface area contributed by atoms with Gasteiger partial charge in [0.1, 0.15) is 0 Å². The molecule has 4 heteroatoms. The summed E-state index contributed by atoms with van der Waals surface area (Å²) in [6.45, 7) is 1.67. The Kier molecular flexibility index (Phi) is 4.46. The highest BCUT2D eigenvalue weighted by Crippen LogP contribution is 2.39. The fraction of sp³-hybridized carbons (Fsp3) is 0.353. The Morgan fingerprint density at radius 3 is 2.95 bits per heavy atom. The monoisotopic (exact) mass is 299 g/mol. The molecule has 1 fully saturated rings. The molecule has 2 heterocycles. The molecule has 0 aliphatic carbocycles. The van der Waals surface area contributed by atoms with Crippen molar-refractivity contribution in [1.29, 1.82) is 0 Å². The molecule has 1 aliphatic rings. The van der Waals surface area contributed by atoms with Crippen molar-refractivity contribution < 1.29 is 0 Å². The first-order valence-corrected chi connectivity index (χ1v) is 8.60. The van der Waals surface area contributed by atoms with Crippen molar-refractivity contribution in [2.24, 2.45) is 5.73 Å². The van der Waals surface area contributed by atoms with E-state index in [2.05, 4.69) is 40.4 Å². The van der Waals surface area contributed by atoms with Crippen molar-refractivity contribution in [3.63, 3.8) is 0 Å². The van der Waals surface area contributed by atoms with E-state index in [4.69, 9.17) is 5.73 Å². The second-order valence-electron chi connectivity index (χ2n) is 5.30. The summed E-state index contributed by atoms with van der Waals surface area (Å²) in [7, 11) is 0. The summed E-state index contributed by atoms with van der Waals surface area (Å²) in [6.07, 6.45) is 8.33. The van der Waals surface area contributed by atoms with Crippen LogP contribution in [0.3, 0.4) is 0 Å². The van der Waals surface area contributed by atoms with Crippen LogP contribution in [0.1, 0.15) is 30.0 Å². The maximum Gasteiger partial charge on any atom is 0.0558 e. The average Bonchev–Trinajstić information content (AvgIpc) is 3.04. The third-order valence-electron chi connectivity index (χ3n) is 4.16. The van der Waals surface area contributed by atoms with Gasteiger partial charge in [-0.1, -0.05) is 12.1 Å². The Labute approximate surface area is 130 Å². The minimum absolute atomic E-state index is 0.418. The first-order chi connectivity index (χ1) is 10.3. The van der Waals surface area contributed by atoms with Gasteiger partial charge < -0.3 is 10.6 Å². The lowest BCUT2D eigenvalue weighted by atomic mass is 10.1. The predicted octanol–water partition coefficient (Wildman–Crippen LogP) is 3.60. The van der Waals surface area contributed by atoms with E-state index < -0.39 is 0 Å². The third-order valence-corrected chi connectivity index (χ3v) is 4.99. The van der Waals surface area contributed by atoms with Crippen LogP contribution in [0.5, 0.6) is 0 Å². The Morgan fingerprint density at radius 2 is 2.24 bits per heavy atom. The molecule has 21 heavy (non-hydrogen) atoms. The van der Waals surface area contributed by atoms with Crippen LogP contribution in [-0.4, -0.2) is 17.8 Å². The van der Waals surface area contributed by atoms with Gasteiger partial charge in [0.15, 0.2) is 0 Å². The number of hydrogen-bond donors (Lipinski definition) is 1. The summed E-state index contributed by atoms with van der Waals surface area (Å²) in [5.41, 5.74) is 9.88. The first kappa shape index (κ1) is 14.4. The highest BCUT2D eigenvalue weighted by molar-refractivity contribution is 7.98. The van der Waals surface area contributed by atoms with E-state index >= 15 is 0 Å². The van der Waals surface area contributed by atoms with E-state index in [1.165, 1.54) is 34.6 Å². The van der Waals surface area contributed by atoms with Crippen LogP contribution < -0.4 is 10.6 Å². The Morgan fingerprint density at radius 1 is 1.33 bits per heavy atom. The summed E-state index contributed by atoms with van der Waals surface area (Å²) in [6, 6.07) is 11.1. The Balaban J connectivity index is 1.99. The number of aromatic nitrogens is 1. The second kappa shape index (κ2) is 6.50. The summed E-state index contributed by atoms with van der Waals surface area (Å²) >= 11 is 1.77. The summed E-state index contributed by atoms with van der Waals surface area (Å²) < 4.78 is 0. The van der Waals surface area contributed by atoms with Crippen molar-refractivity contribution in [3.8, 4) is 0 Å². The number of rotatable bonds is 4. The van der Waals surface area contributed by atoms with E-state index in [1.54, 1.807) is 11.8 Å². The standard InChI is InChI=1S/C17H21N3S/c1-21-17-8-2-6-16(14(17)11-18)20-10-4-7-15(20)13-5-3-9-19-12-13/h2-3,5-6,8-9,12,15H,4,7,10-11,18H2,1H3. The van der Waals surface area contributed by atoms with Gasteiger partial charge in [0.25, 0.3) is 0 Å². The molecule has 1 atom stereocenters. The highest BCUT2D eigenvalue weighted by atomic mass is 32.2. The molecule has 0 radical (unpaired) electrons. The number of nitrogens with two attached hydrogens (primary N) is 1. The topological polar surface area (TPSA) is 42.2 Å². The van der Waals surface area contributed by atoms with E-state index in [1.807, 2.05) is 18.5 Å². The van der Waals surface area contributed by atoms with Gasteiger partial charge in [-0.2, -0.15) is 0 Å². The van der Waals surface area contributed by atoms with Crippen LogP contribution in [0.4, 0.5) is 5.69 Å². The number of thioether (sulfide) groups is 1. The maximum absolute atomic E-state index is 6.03. The van der Waals surface area contributed by atoms with E-state index in [-0.39, 0.29) is 0 Å². The number of hydrogen-bond acceptors (Lipinski definition) is 4. The predicted molar refractivity (Wildman–Crippen MR) is 89.7 cm³/mol. The second-order valence-corrected chi connectivity index (χ2v) is 6.15. The van der Waals surface area contributed by atoms with E-state index in [9.17, 15) is 0 Å². The van der Waals surface area contributed by atoms with Crippen molar-refractivity contribution in [3.05, 3.63) is 53.9 Å². The molecule has 0 spiro atoms. The van der Waals surface area contributed by atoms with Crippen molar-refractivity contribution >= 4 is 17.4 Å². The maximum atomic E-state index is 6.03. The molecule has 1 aromatic heterocycles. The van der Waals surface area contributed by atoms with Gasteiger partial charge in [-0.05, 0) is 42.9 Å². The van der Waals surface area contributed by atoms with Crippen LogP contribution in [0.2, 0.25) is 0 Å². The molecule has 1 unspecified atom stereocenters. The lowest BCUT2D eigenvalue weighted by Gasteiger charge is -2.29. The molecular weight excluding hydrogens is 278 g/mol. The van der Waals surface area contributed by atoms with Crippen molar-refractivity contribution in [2.75, 3.05) is 17.7 Å². The van der Waals surface area contributed by atoms with Crippen LogP contribution in [0.25, 0.3) is 0 Å². The molecule has 3 rings (SSSR count). The fourth-order valence-electron chi connectivity index (χ4n) is 3.19. The molecule has 3 nitrogen and oxygen atoms in total. The smallest absolute Gasteiger partial charge is 0.0558 e. The van der Waals surface area contributed by atoms with Gasteiger partial charge in [0.05, 0.1) is 6.04 Å².